The van der Waals surface area contributed by atoms with Crippen molar-refractivity contribution in [1.29, 1.82) is 0 Å². The number of hydrogen-bond donors (Lipinski definition) is 2. The predicted octanol–water partition coefficient (Wildman–Crippen LogP) is 1.79. The minimum atomic E-state index is -3.86. The van der Waals surface area contributed by atoms with Crippen LogP contribution >= 0.6 is 0 Å². The molecule has 20 heavy (non-hydrogen) atoms. The zero-order chi connectivity index (χ0) is 15.9. The summed E-state index contributed by atoms with van der Waals surface area (Å²) in [7, 11) is -3.86. The monoisotopic (exact) mass is 298 g/mol. The van der Waals surface area contributed by atoms with Gasteiger partial charge in [-0.15, -0.1) is 0 Å². The fourth-order valence-corrected chi connectivity index (χ4v) is 3.39. The van der Waals surface area contributed by atoms with E-state index in [-0.39, 0.29) is 10.8 Å². The molecular formula is C14H22N2O3S. The van der Waals surface area contributed by atoms with Crippen LogP contribution < -0.4 is 10.5 Å². The molecule has 6 heteroatoms. The van der Waals surface area contributed by atoms with E-state index in [4.69, 9.17) is 5.14 Å². The first-order chi connectivity index (χ1) is 8.84. The highest BCUT2D eigenvalue weighted by molar-refractivity contribution is 7.89. The predicted molar refractivity (Wildman–Crippen MR) is 79.2 cm³/mol. The molecule has 0 aliphatic rings. The van der Waals surface area contributed by atoms with Gasteiger partial charge in [0.05, 0.1) is 4.90 Å². The fraction of sp³-hybridized carbons (Fsp3) is 0.500. The molecule has 0 saturated heterocycles. The lowest BCUT2D eigenvalue weighted by Crippen LogP contribution is -2.41. The second-order valence-corrected chi connectivity index (χ2v) is 7.59. The van der Waals surface area contributed by atoms with E-state index in [1.807, 2.05) is 20.8 Å². The Morgan fingerprint density at radius 2 is 1.65 bits per heavy atom. The van der Waals surface area contributed by atoms with Crippen molar-refractivity contribution in [3.05, 3.63) is 28.3 Å². The maximum Gasteiger partial charge on any atom is 0.252 e. The Morgan fingerprint density at radius 3 is 2.05 bits per heavy atom. The minimum Gasteiger partial charge on any atom is -0.347 e. The standard InChI is InChI=1S/C14H22N2O3S/c1-8-7-9(2)12(20(15,18)19)10(3)11(8)13(17)16-14(4,5)6/h7H,1-6H3,(H,16,17)(H2,15,18,19). The molecule has 0 aromatic heterocycles. The number of carbonyl (C=O) groups is 1. The number of aryl methyl sites for hydroxylation is 2. The number of carbonyl (C=O) groups excluding carboxylic acids is 1. The van der Waals surface area contributed by atoms with Crippen molar-refractivity contribution in [2.75, 3.05) is 0 Å². The van der Waals surface area contributed by atoms with Gasteiger partial charge in [-0.3, -0.25) is 4.79 Å². The van der Waals surface area contributed by atoms with E-state index in [0.717, 1.165) is 5.56 Å². The zero-order valence-corrected chi connectivity index (χ0v) is 13.6. The molecule has 0 spiro atoms. The molecule has 0 fully saturated rings. The molecule has 1 rings (SSSR count). The van der Waals surface area contributed by atoms with Crippen molar-refractivity contribution in [1.82, 2.24) is 5.32 Å². The first kappa shape index (κ1) is 16.7. The van der Waals surface area contributed by atoms with E-state index in [1.165, 1.54) is 0 Å². The largest absolute Gasteiger partial charge is 0.347 e. The average Bonchev–Trinajstić information content (AvgIpc) is 2.09. The highest BCUT2D eigenvalue weighted by atomic mass is 32.2. The maximum atomic E-state index is 12.3. The molecule has 5 nitrogen and oxygen atoms in total. The van der Waals surface area contributed by atoms with Gasteiger partial charge in [0, 0.05) is 11.1 Å². The smallest absolute Gasteiger partial charge is 0.252 e. The van der Waals surface area contributed by atoms with Crippen LogP contribution in [0.25, 0.3) is 0 Å². The molecule has 0 aliphatic heterocycles. The van der Waals surface area contributed by atoms with E-state index < -0.39 is 15.6 Å². The Kier molecular flexibility index (Phi) is 4.31. The number of nitrogens with one attached hydrogen (secondary N) is 1. The maximum absolute atomic E-state index is 12.3. The number of hydrogen-bond acceptors (Lipinski definition) is 3. The molecule has 0 unspecified atom stereocenters. The Bertz CT molecular complexity index is 656. The molecule has 0 radical (unpaired) electrons. The zero-order valence-electron chi connectivity index (χ0n) is 12.8. The molecular weight excluding hydrogens is 276 g/mol. The summed E-state index contributed by atoms with van der Waals surface area (Å²) in [5.74, 6) is -0.294. The Balaban J connectivity index is 3.54. The fourth-order valence-electron chi connectivity index (χ4n) is 2.36. The summed E-state index contributed by atoms with van der Waals surface area (Å²) >= 11 is 0. The molecule has 1 aromatic carbocycles. The van der Waals surface area contributed by atoms with Gasteiger partial charge < -0.3 is 5.32 Å². The van der Waals surface area contributed by atoms with Crippen molar-refractivity contribution in [2.24, 2.45) is 5.14 Å². The lowest BCUT2D eigenvalue weighted by atomic mass is 9.97. The van der Waals surface area contributed by atoms with E-state index in [0.29, 0.717) is 16.7 Å². The molecule has 0 saturated carbocycles. The summed E-state index contributed by atoms with van der Waals surface area (Å²) < 4.78 is 23.4. The molecule has 0 atom stereocenters. The first-order valence-corrected chi connectivity index (χ1v) is 7.85. The van der Waals surface area contributed by atoms with E-state index >= 15 is 0 Å². The normalized spacial score (nSPS) is 12.3. The van der Waals surface area contributed by atoms with Crippen molar-refractivity contribution >= 4 is 15.9 Å². The Labute approximate surface area is 120 Å². The lowest BCUT2D eigenvalue weighted by molar-refractivity contribution is 0.0918. The van der Waals surface area contributed by atoms with E-state index in [9.17, 15) is 13.2 Å². The second kappa shape index (κ2) is 5.18. The van der Waals surface area contributed by atoms with Crippen LogP contribution in [-0.4, -0.2) is 19.9 Å². The summed E-state index contributed by atoms with van der Waals surface area (Å²) in [6, 6.07) is 1.67. The highest BCUT2D eigenvalue weighted by Crippen LogP contribution is 2.25. The third kappa shape index (κ3) is 3.58. The summed E-state index contributed by atoms with van der Waals surface area (Å²) in [5, 5.41) is 8.09. The van der Waals surface area contributed by atoms with Crippen LogP contribution in [0.4, 0.5) is 0 Å². The van der Waals surface area contributed by atoms with Gasteiger partial charge in [-0.25, -0.2) is 13.6 Å². The summed E-state index contributed by atoms with van der Waals surface area (Å²) in [6.07, 6.45) is 0. The van der Waals surface area contributed by atoms with Crippen LogP contribution in [0.1, 0.15) is 47.8 Å². The van der Waals surface area contributed by atoms with Gasteiger partial charge in [0.1, 0.15) is 0 Å². The van der Waals surface area contributed by atoms with Crippen molar-refractivity contribution in [3.63, 3.8) is 0 Å². The lowest BCUT2D eigenvalue weighted by Gasteiger charge is -2.23. The SMILES string of the molecule is Cc1cc(C)c(S(N)(=O)=O)c(C)c1C(=O)NC(C)(C)C. The third-order valence-corrected chi connectivity index (χ3v) is 4.10. The van der Waals surface area contributed by atoms with Crippen LogP contribution in [0.5, 0.6) is 0 Å². The third-order valence-electron chi connectivity index (χ3n) is 2.90. The second-order valence-electron chi connectivity index (χ2n) is 6.09. The van der Waals surface area contributed by atoms with Gasteiger partial charge in [-0.1, -0.05) is 6.07 Å². The number of amides is 1. The summed E-state index contributed by atoms with van der Waals surface area (Å²) in [6.45, 7) is 10.7. The average molecular weight is 298 g/mol. The molecule has 0 heterocycles. The van der Waals surface area contributed by atoms with Crippen LogP contribution in [0, 0.1) is 20.8 Å². The quantitative estimate of drug-likeness (QED) is 0.872. The number of rotatable bonds is 2. The van der Waals surface area contributed by atoms with Crippen LogP contribution in [0.15, 0.2) is 11.0 Å². The summed E-state index contributed by atoms with van der Waals surface area (Å²) in [5.41, 5.74) is 1.65. The highest BCUT2D eigenvalue weighted by Gasteiger charge is 2.24. The molecule has 1 amide bonds. The van der Waals surface area contributed by atoms with E-state index in [2.05, 4.69) is 5.32 Å². The van der Waals surface area contributed by atoms with Crippen LogP contribution in [0.2, 0.25) is 0 Å². The molecule has 1 aromatic rings. The Hall–Kier alpha value is -1.40. The van der Waals surface area contributed by atoms with Gasteiger partial charge in [0.2, 0.25) is 10.0 Å². The number of primary sulfonamides is 1. The first-order valence-electron chi connectivity index (χ1n) is 6.30. The molecule has 3 N–H and O–H groups in total. The van der Waals surface area contributed by atoms with Gasteiger partial charge in [0.25, 0.3) is 5.91 Å². The van der Waals surface area contributed by atoms with Crippen molar-refractivity contribution in [3.8, 4) is 0 Å². The number of sulfonamides is 1. The molecule has 112 valence electrons. The summed E-state index contributed by atoms with van der Waals surface area (Å²) in [4.78, 5) is 12.4. The number of benzene rings is 1. The van der Waals surface area contributed by atoms with E-state index in [1.54, 1.807) is 26.8 Å². The molecule has 0 bridgehead atoms. The van der Waals surface area contributed by atoms with Crippen molar-refractivity contribution in [2.45, 2.75) is 52.0 Å². The van der Waals surface area contributed by atoms with Gasteiger partial charge in [-0.05, 0) is 58.2 Å². The topological polar surface area (TPSA) is 89.3 Å². The molecule has 0 aliphatic carbocycles. The minimum absolute atomic E-state index is 0.0298. The van der Waals surface area contributed by atoms with Crippen molar-refractivity contribution < 1.29 is 13.2 Å². The van der Waals surface area contributed by atoms with Gasteiger partial charge in [0.15, 0.2) is 0 Å². The van der Waals surface area contributed by atoms with Crippen LogP contribution in [-0.2, 0) is 10.0 Å². The van der Waals surface area contributed by atoms with Crippen LogP contribution in [0.3, 0.4) is 0 Å². The van der Waals surface area contributed by atoms with Gasteiger partial charge in [-0.2, -0.15) is 0 Å². The van der Waals surface area contributed by atoms with Gasteiger partial charge >= 0.3 is 0 Å². The Morgan fingerprint density at radius 1 is 1.15 bits per heavy atom. The number of nitrogens with two attached hydrogens (primary N) is 1.